The summed E-state index contributed by atoms with van der Waals surface area (Å²) in [6.07, 6.45) is 6.77. The van der Waals surface area contributed by atoms with Crippen LogP contribution in [-0.4, -0.2) is 17.6 Å². The third-order valence-electron chi connectivity index (χ3n) is 3.46. The SMILES string of the molecule is C#CCOc1ccccc1/C=C(\CC(=O)[O-])c1nc2ccccc2s1. The molecule has 0 N–H and O–H groups in total. The molecule has 0 amide bonds. The van der Waals surface area contributed by atoms with Crippen molar-refractivity contribution in [2.45, 2.75) is 6.42 Å². The minimum Gasteiger partial charge on any atom is -0.550 e. The summed E-state index contributed by atoms with van der Waals surface area (Å²) in [7, 11) is 0. The first-order chi connectivity index (χ1) is 12.2. The van der Waals surface area contributed by atoms with Crippen molar-refractivity contribution < 1.29 is 14.6 Å². The van der Waals surface area contributed by atoms with E-state index < -0.39 is 5.97 Å². The third-order valence-corrected chi connectivity index (χ3v) is 4.58. The molecule has 0 bridgehead atoms. The number of hydrogen-bond donors (Lipinski definition) is 0. The van der Waals surface area contributed by atoms with Crippen molar-refractivity contribution in [2.24, 2.45) is 0 Å². The maximum absolute atomic E-state index is 11.2. The maximum Gasteiger partial charge on any atom is 0.148 e. The fourth-order valence-corrected chi connectivity index (χ4v) is 3.37. The van der Waals surface area contributed by atoms with E-state index in [4.69, 9.17) is 11.2 Å². The van der Waals surface area contributed by atoms with Crippen molar-refractivity contribution in [2.75, 3.05) is 6.61 Å². The Morgan fingerprint density at radius 3 is 2.76 bits per heavy atom. The Morgan fingerprint density at radius 2 is 2.00 bits per heavy atom. The van der Waals surface area contributed by atoms with Crippen molar-refractivity contribution in [3.63, 3.8) is 0 Å². The molecule has 4 nitrogen and oxygen atoms in total. The average Bonchev–Trinajstić information content (AvgIpc) is 3.04. The van der Waals surface area contributed by atoms with Crippen LogP contribution in [0.1, 0.15) is 17.0 Å². The number of fused-ring (bicyclic) bond motifs is 1. The van der Waals surface area contributed by atoms with Gasteiger partial charge in [0.1, 0.15) is 17.4 Å². The maximum atomic E-state index is 11.2. The van der Waals surface area contributed by atoms with Gasteiger partial charge in [0.2, 0.25) is 0 Å². The van der Waals surface area contributed by atoms with Gasteiger partial charge < -0.3 is 14.6 Å². The lowest BCUT2D eigenvalue weighted by Crippen LogP contribution is -2.22. The number of aromatic nitrogens is 1. The Kier molecular flexibility index (Phi) is 5.12. The molecular weight excluding hydrogens is 334 g/mol. The van der Waals surface area contributed by atoms with Gasteiger partial charge in [-0.25, -0.2) is 4.98 Å². The summed E-state index contributed by atoms with van der Waals surface area (Å²) in [4.78, 5) is 15.8. The highest BCUT2D eigenvalue weighted by atomic mass is 32.1. The molecule has 0 saturated heterocycles. The van der Waals surface area contributed by atoms with Crippen molar-refractivity contribution in [3.05, 3.63) is 59.1 Å². The number of carboxylic acid groups (broad SMARTS) is 1. The van der Waals surface area contributed by atoms with E-state index in [1.54, 1.807) is 12.1 Å². The minimum atomic E-state index is -1.16. The van der Waals surface area contributed by atoms with Crippen LogP contribution in [0.2, 0.25) is 0 Å². The Bertz CT molecular complexity index is 949. The second-order valence-electron chi connectivity index (χ2n) is 5.24. The fraction of sp³-hybridized carbons (Fsp3) is 0.100. The number of carboxylic acids is 1. The number of benzene rings is 2. The summed E-state index contributed by atoms with van der Waals surface area (Å²) in [5.74, 6) is 1.86. The van der Waals surface area contributed by atoms with Crippen LogP contribution in [-0.2, 0) is 4.79 Å². The smallest absolute Gasteiger partial charge is 0.148 e. The van der Waals surface area contributed by atoms with Crippen molar-refractivity contribution in [1.82, 2.24) is 4.98 Å². The molecule has 1 aromatic heterocycles. The number of thiazole rings is 1. The number of para-hydroxylation sites is 2. The summed E-state index contributed by atoms with van der Waals surface area (Å²) < 4.78 is 6.52. The first-order valence-corrected chi connectivity index (χ1v) is 8.40. The second-order valence-corrected chi connectivity index (χ2v) is 6.27. The largest absolute Gasteiger partial charge is 0.550 e. The number of hydrogen-bond acceptors (Lipinski definition) is 5. The minimum absolute atomic E-state index is 0.141. The van der Waals surface area contributed by atoms with Gasteiger partial charge in [-0.3, -0.25) is 0 Å². The molecule has 3 rings (SSSR count). The monoisotopic (exact) mass is 348 g/mol. The number of terminal acetylenes is 1. The van der Waals surface area contributed by atoms with Gasteiger partial charge in [-0.05, 0) is 29.8 Å². The molecule has 5 heteroatoms. The Morgan fingerprint density at radius 1 is 1.24 bits per heavy atom. The highest BCUT2D eigenvalue weighted by Gasteiger charge is 2.11. The van der Waals surface area contributed by atoms with E-state index in [0.29, 0.717) is 16.3 Å². The normalized spacial score (nSPS) is 11.2. The van der Waals surface area contributed by atoms with E-state index in [2.05, 4.69) is 10.9 Å². The molecule has 0 fully saturated rings. The van der Waals surface area contributed by atoms with E-state index in [-0.39, 0.29) is 13.0 Å². The fourth-order valence-electron chi connectivity index (χ4n) is 2.39. The van der Waals surface area contributed by atoms with Crippen LogP contribution in [0.25, 0.3) is 21.9 Å². The highest BCUT2D eigenvalue weighted by Crippen LogP contribution is 2.31. The van der Waals surface area contributed by atoms with Crippen molar-refractivity contribution >= 4 is 39.2 Å². The summed E-state index contributed by atoms with van der Waals surface area (Å²) in [5, 5.41) is 11.9. The molecule has 0 aliphatic carbocycles. The first kappa shape index (κ1) is 16.7. The molecule has 0 spiro atoms. The molecule has 25 heavy (non-hydrogen) atoms. The lowest BCUT2D eigenvalue weighted by Gasteiger charge is -2.09. The molecule has 1 heterocycles. The van der Waals surface area contributed by atoms with Crippen LogP contribution in [0, 0.1) is 12.3 Å². The molecule has 0 aliphatic heterocycles. The Balaban J connectivity index is 2.05. The van der Waals surface area contributed by atoms with Gasteiger partial charge in [0.25, 0.3) is 0 Å². The summed E-state index contributed by atoms with van der Waals surface area (Å²) in [6, 6.07) is 15.0. The quantitative estimate of drug-likeness (QED) is 0.643. The molecule has 0 atom stereocenters. The van der Waals surface area contributed by atoms with Crippen LogP contribution >= 0.6 is 11.3 Å². The van der Waals surface area contributed by atoms with E-state index in [1.165, 1.54) is 11.3 Å². The van der Waals surface area contributed by atoms with Gasteiger partial charge in [-0.15, -0.1) is 17.8 Å². The number of carbonyl (C=O) groups excluding carboxylic acids is 1. The zero-order valence-corrected chi connectivity index (χ0v) is 14.1. The number of nitrogens with zero attached hydrogens (tertiary/aromatic N) is 1. The number of rotatable bonds is 6. The van der Waals surface area contributed by atoms with Crippen LogP contribution in [0.5, 0.6) is 5.75 Å². The van der Waals surface area contributed by atoms with Crippen molar-refractivity contribution in [3.8, 4) is 18.1 Å². The Hall–Kier alpha value is -3.10. The van der Waals surface area contributed by atoms with Crippen LogP contribution < -0.4 is 9.84 Å². The molecule has 2 aromatic carbocycles. The number of carbonyl (C=O) groups is 1. The van der Waals surface area contributed by atoms with Gasteiger partial charge in [0.05, 0.1) is 10.2 Å². The number of ether oxygens (including phenoxy) is 1. The molecular formula is C20H14NO3S-. The summed E-state index contributed by atoms with van der Waals surface area (Å²) in [6.45, 7) is 0.141. The van der Waals surface area contributed by atoms with Gasteiger partial charge in [-0.2, -0.15) is 0 Å². The lowest BCUT2D eigenvalue weighted by atomic mass is 10.1. The van der Waals surface area contributed by atoms with E-state index in [1.807, 2.05) is 42.5 Å². The van der Waals surface area contributed by atoms with Crippen LogP contribution in [0.15, 0.2) is 48.5 Å². The second kappa shape index (κ2) is 7.65. The zero-order chi connectivity index (χ0) is 17.6. The number of aliphatic carboxylic acids is 1. The summed E-state index contributed by atoms with van der Waals surface area (Å²) >= 11 is 1.45. The molecule has 0 radical (unpaired) electrons. The molecule has 0 saturated carbocycles. The average molecular weight is 348 g/mol. The van der Waals surface area contributed by atoms with Gasteiger partial charge >= 0.3 is 0 Å². The van der Waals surface area contributed by atoms with Crippen molar-refractivity contribution in [1.29, 1.82) is 0 Å². The lowest BCUT2D eigenvalue weighted by molar-refractivity contribution is -0.304. The third kappa shape index (κ3) is 4.06. The van der Waals surface area contributed by atoms with E-state index in [0.717, 1.165) is 15.8 Å². The molecule has 3 aromatic rings. The topological polar surface area (TPSA) is 62.2 Å². The predicted molar refractivity (Wildman–Crippen MR) is 97.9 cm³/mol. The van der Waals surface area contributed by atoms with Gasteiger partial charge in [0.15, 0.2) is 0 Å². The van der Waals surface area contributed by atoms with Gasteiger partial charge in [-0.1, -0.05) is 36.3 Å². The molecule has 0 unspecified atom stereocenters. The molecule has 0 aliphatic rings. The Labute approximate surface area is 149 Å². The summed E-state index contributed by atoms with van der Waals surface area (Å²) in [5.41, 5.74) is 2.15. The first-order valence-electron chi connectivity index (χ1n) is 7.59. The van der Waals surface area contributed by atoms with Crippen LogP contribution in [0.4, 0.5) is 0 Å². The molecule has 124 valence electrons. The van der Waals surface area contributed by atoms with E-state index >= 15 is 0 Å². The van der Waals surface area contributed by atoms with E-state index in [9.17, 15) is 9.90 Å². The zero-order valence-electron chi connectivity index (χ0n) is 13.3. The highest BCUT2D eigenvalue weighted by molar-refractivity contribution is 7.19. The van der Waals surface area contributed by atoms with Gasteiger partial charge in [0, 0.05) is 18.0 Å². The predicted octanol–water partition coefficient (Wildman–Crippen LogP) is 2.99. The van der Waals surface area contributed by atoms with Crippen LogP contribution in [0.3, 0.4) is 0 Å². The standard InChI is InChI=1S/C20H15NO3S/c1-2-11-24-17-9-5-3-7-14(17)12-15(13-19(22)23)20-21-16-8-4-6-10-18(16)25-20/h1,3-10,12H,11,13H2,(H,22,23)/p-1/b15-12+.